The average Bonchev–Trinajstić information content (AvgIpc) is 3.41. The Bertz CT molecular complexity index is 1790. The highest BCUT2D eigenvalue weighted by molar-refractivity contribution is 8.00. The summed E-state index contributed by atoms with van der Waals surface area (Å²) in [4.78, 5) is 55.2. The molecule has 1 aromatic heterocycles. The number of methoxy groups -OCH3 is 1. The fourth-order valence-electron chi connectivity index (χ4n) is 5.22. The van der Waals surface area contributed by atoms with Crippen molar-refractivity contribution < 1.29 is 28.6 Å². The van der Waals surface area contributed by atoms with Crippen LogP contribution in [0.25, 0.3) is 0 Å². The van der Waals surface area contributed by atoms with E-state index in [1.54, 1.807) is 36.4 Å². The van der Waals surface area contributed by atoms with Gasteiger partial charge in [0, 0.05) is 21.5 Å². The Kier molecular flexibility index (Phi) is 7.29. The number of hydrogen-bond acceptors (Lipinski definition) is 8. The van der Waals surface area contributed by atoms with Gasteiger partial charge in [0.05, 0.1) is 23.7 Å². The maximum Gasteiger partial charge on any atom is 0.308 e. The van der Waals surface area contributed by atoms with Crippen molar-refractivity contribution in [2.75, 3.05) is 17.3 Å². The van der Waals surface area contributed by atoms with Crippen LogP contribution in [0.2, 0.25) is 5.02 Å². The number of aromatic hydroxyl groups is 1. The lowest BCUT2D eigenvalue weighted by atomic mass is 9.83. The minimum atomic E-state index is -0.897. The van der Waals surface area contributed by atoms with Crippen molar-refractivity contribution in [2.45, 2.75) is 22.7 Å². The fourth-order valence-corrected chi connectivity index (χ4v) is 8.12. The number of carbonyl (C=O) groups excluding carboxylic acids is 3. The first-order valence-corrected chi connectivity index (χ1v) is 14.7. The van der Waals surface area contributed by atoms with Gasteiger partial charge in [-0.2, -0.15) is 0 Å². The van der Waals surface area contributed by atoms with Gasteiger partial charge in [0.15, 0.2) is 11.5 Å². The van der Waals surface area contributed by atoms with E-state index in [0.29, 0.717) is 31.9 Å². The fraction of sp³-hybridized carbons (Fsp3) is 0.172. The van der Waals surface area contributed by atoms with Gasteiger partial charge in [-0.3, -0.25) is 23.7 Å². The van der Waals surface area contributed by atoms with Gasteiger partial charge in [0.2, 0.25) is 17.7 Å². The van der Waals surface area contributed by atoms with Crippen LogP contribution in [0, 0.1) is 11.7 Å². The van der Waals surface area contributed by atoms with Crippen molar-refractivity contribution in [1.82, 2.24) is 4.57 Å². The summed E-state index contributed by atoms with van der Waals surface area (Å²) >= 11 is 8.00. The van der Waals surface area contributed by atoms with Crippen LogP contribution >= 0.6 is 34.7 Å². The summed E-state index contributed by atoms with van der Waals surface area (Å²) in [6, 6.07) is 16.2. The van der Waals surface area contributed by atoms with E-state index in [-0.39, 0.29) is 18.0 Å². The molecule has 9 nitrogen and oxygen atoms in total. The van der Waals surface area contributed by atoms with E-state index in [0.717, 1.165) is 28.0 Å². The number of nitrogens with zero attached hydrogens (tertiary/aromatic N) is 2. The molecule has 2 unspecified atom stereocenters. The first-order valence-electron chi connectivity index (χ1n) is 12.6. The van der Waals surface area contributed by atoms with E-state index < -0.39 is 45.5 Å². The third kappa shape index (κ3) is 4.85. The molecule has 1 fully saturated rings. The molecule has 4 aromatic rings. The Hall–Kier alpha value is -4.13. The van der Waals surface area contributed by atoms with Crippen molar-refractivity contribution in [3.63, 3.8) is 0 Å². The Morgan fingerprint density at radius 3 is 2.45 bits per heavy atom. The number of thiazole rings is 1. The summed E-state index contributed by atoms with van der Waals surface area (Å²) < 4.78 is 19.9. The highest BCUT2D eigenvalue weighted by Crippen LogP contribution is 2.54. The second-order valence-corrected chi connectivity index (χ2v) is 12.2. The Morgan fingerprint density at radius 2 is 1.76 bits per heavy atom. The normalized spacial score (nSPS) is 19.4. The monoisotopic (exact) mass is 625 g/mol. The third-order valence-electron chi connectivity index (χ3n) is 7.13. The molecule has 0 bridgehead atoms. The Morgan fingerprint density at radius 1 is 1.05 bits per heavy atom. The summed E-state index contributed by atoms with van der Waals surface area (Å²) in [6.45, 7) is -0.360. The molecule has 2 N–H and O–H groups in total. The molecule has 6 rings (SSSR count). The summed E-state index contributed by atoms with van der Waals surface area (Å²) in [5, 5.41) is 12.8. The number of fused-ring (bicyclic) bond motifs is 2. The van der Waals surface area contributed by atoms with Crippen molar-refractivity contribution in [2.24, 2.45) is 5.92 Å². The van der Waals surface area contributed by atoms with E-state index >= 15 is 0 Å². The van der Waals surface area contributed by atoms with Crippen molar-refractivity contribution >= 4 is 63.8 Å². The number of ether oxygens (including phenoxy) is 1. The Labute approximate surface area is 251 Å². The molecule has 1 saturated heterocycles. The van der Waals surface area contributed by atoms with Crippen LogP contribution in [0.3, 0.4) is 0 Å². The number of amides is 3. The number of phenols is 1. The lowest BCUT2D eigenvalue weighted by Gasteiger charge is -2.31. The quantitative estimate of drug-likeness (QED) is 0.294. The number of carbonyl (C=O) groups is 3. The lowest BCUT2D eigenvalue weighted by Crippen LogP contribution is -2.33. The molecule has 3 aromatic carbocycles. The maximum absolute atomic E-state index is 14.0. The first kappa shape index (κ1) is 28.0. The zero-order valence-corrected chi connectivity index (χ0v) is 24.1. The van der Waals surface area contributed by atoms with Crippen LogP contribution in [-0.4, -0.2) is 39.8 Å². The molecule has 13 heteroatoms. The van der Waals surface area contributed by atoms with E-state index in [1.165, 1.54) is 42.0 Å². The van der Waals surface area contributed by atoms with Crippen LogP contribution in [-0.2, 0) is 20.9 Å². The van der Waals surface area contributed by atoms with Crippen LogP contribution in [0.5, 0.6) is 11.5 Å². The molecule has 2 aliphatic heterocycles. The summed E-state index contributed by atoms with van der Waals surface area (Å²) in [5.74, 6) is -3.44. The highest BCUT2D eigenvalue weighted by atomic mass is 35.5. The molecular weight excluding hydrogens is 605 g/mol. The number of halogens is 2. The molecule has 0 saturated carbocycles. The number of hydrogen-bond donors (Lipinski definition) is 2. The zero-order chi connectivity index (χ0) is 29.7. The van der Waals surface area contributed by atoms with Crippen LogP contribution in [0.1, 0.15) is 16.4 Å². The highest BCUT2D eigenvalue weighted by Gasteiger charge is 2.57. The molecule has 214 valence electrons. The predicted octanol–water partition coefficient (Wildman–Crippen LogP) is 4.85. The molecule has 0 radical (unpaired) electrons. The standard InChI is InChI=1S/C29H21ClFN3O6S2/c1-40-20-12-14(2-11-19(20)35)22-23-24(27(38)34(26(23)37)18-9-3-15(30)4-10-18)41-28-25(22)42-29(39)33(28)13-21(36)32-17-7-5-16(31)6-8-17/h2-12,22-24,35H,13H2,1H3,(H,32,36)/t22-,23?,24?/m0/s1. The maximum atomic E-state index is 14.0. The van der Waals surface area contributed by atoms with E-state index in [4.69, 9.17) is 16.3 Å². The number of aromatic nitrogens is 1. The summed E-state index contributed by atoms with van der Waals surface area (Å²) in [5.41, 5.74) is 1.28. The van der Waals surface area contributed by atoms with Gasteiger partial charge in [-0.05, 0) is 66.2 Å². The first-order chi connectivity index (χ1) is 20.2. The summed E-state index contributed by atoms with van der Waals surface area (Å²) in [7, 11) is 1.39. The van der Waals surface area contributed by atoms with Gasteiger partial charge in [-0.15, -0.1) is 0 Å². The molecule has 3 atom stereocenters. The molecule has 42 heavy (non-hydrogen) atoms. The minimum absolute atomic E-state index is 0.108. The third-order valence-corrected chi connectivity index (χ3v) is 9.98. The zero-order valence-electron chi connectivity index (χ0n) is 21.7. The Balaban J connectivity index is 1.43. The second-order valence-electron chi connectivity index (χ2n) is 9.64. The van der Waals surface area contributed by atoms with Gasteiger partial charge >= 0.3 is 4.87 Å². The number of rotatable bonds is 6. The van der Waals surface area contributed by atoms with Crippen LogP contribution < -0.4 is 19.8 Å². The molecule has 0 aliphatic carbocycles. The van der Waals surface area contributed by atoms with Crippen molar-refractivity contribution in [3.8, 4) is 11.5 Å². The number of phenolic OH excluding ortho intramolecular Hbond substituents is 1. The SMILES string of the molecule is COc1cc([C@@H]2c3sc(=O)n(CC(=O)Nc4ccc(F)cc4)c3SC3C(=O)N(c4ccc(Cl)cc4)C(=O)C32)ccc1O. The van der Waals surface area contributed by atoms with Crippen LogP contribution in [0.4, 0.5) is 15.8 Å². The topological polar surface area (TPSA) is 118 Å². The van der Waals surface area contributed by atoms with Crippen molar-refractivity contribution in [3.05, 3.63) is 97.7 Å². The predicted molar refractivity (Wildman–Crippen MR) is 157 cm³/mol. The largest absolute Gasteiger partial charge is 0.504 e. The van der Waals surface area contributed by atoms with Crippen molar-refractivity contribution in [1.29, 1.82) is 0 Å². The van der Waals surface area contributed by atoms with E-state index in [2.05, 4.69) is 5.32 Å². The number of benzene rings is 3. The molecule has 3 heterocycles. The molecule has 0 spiro atoms. The van der Waals surface area contributed by atoms with Gasteiger partial charge in [-0.1, -0.05) is 40.8 Å². The average molecular weight is 626 g/mol. The van der Waals surface area contributed by atoms with Gasteiger partial charge < -0.3 is 15.2 Å². The van der Waals surface area contributed by atoms with Crippen LogP contribution in [0.15, 0.2) is 76.6 Å². The second kappa shape index (κ2) is 10.9. The molecule has 2 aliphatic rings. The summed E-state index contributed by atoms with van der Waals surface area (Å²) in [6.07, 6.45) is 0. The van der Waals surface area contributed by atoms with E-state index in [1.807, 2.05) is 0 Å². The number of thioether (sulfide) groups is 1. The number of imide groups is 1. The van der Waals surface area contributed by atoms with Gasteiger partial charge in [-0.25, -0.2) is 9.29 Å². The minimum Gasteiger partial charge on any atom is -0.504 e. The number of nitrogens with one attached hydrogen (secondary N) is 1. The number of anilines is 2. The molecular formula is C29H21ClFN3O6S2. The van der Waals surface area contributed by atoms with Gasteiger partial charge in [0.25, 0.3) is 0 Å². The van der Waals surface area contributed by atoms with E-state index in [9.17, 15) is 28.7 Å². The lowest BCUT2D eigenvalue weighted by molar-refractivity contribution is -0.122. The van der Waals surface area contributed by atoms with Gasteiger partial charge in [0.1, 0.15) is 17.6 Å². The smallest absolute Gasteiger partial charge is 0.308 e. The molecule has 3 amide bonds.